The van der Waals surface area contributed by atoms with Crippen LogP contribution in [0, 0.1) is 0 Å². The highest BCUT2D eigenvalue weighted by atomic mass is 32.2. The largest absolute Gasteiger partial charge is 0.356 e. The first-order chi connectivity index (χ1) is 12.6. The second-order valence-electron chi connectivity index (χ2n) is 6.24. The van der Waals surface area contributed by atoms with Gasteiger partial charge in [0, 0.05) is 24.1 Å². The fourth-order valence-corrected chi connectivity index (χ4v) is 5.47. The number of thiophene rings is 1. The van der Waals surface area contributed by atoms with E-state index in [0.29, 0.717) is 17.5 Å². The van der Waals surface area contributed by atoms with Crippen LogP contribution < -0.4 is 10.9 Å². The van der Waals surface area contributed by atoms with Gasteiger partial charge in [-0.05, 0) is 37.0 Å². The molecule has 7 heteroatoms. The number of benzene rings is 1. The number of carbonyl (C=O) groups excluding carboxylic acids is 1. The molecule has 0 fully saturated rings. The molecule has 0 unspecified atom stereocenters. The van der Waals surface area contributed by atoms with Gasteiger partial charge in [0.25, 0.3) is 5.56 Å². The molecular formula is C19H19N3O2S2. The lowest BCUT2D eigenvalue weighted by atomic mass is 10.2. The molecule has 0 saturated carbocycles. The van der Waals surface area contributed by atoms with Crippen LogP contribution in [0.4, 0.5) is 0 Å². The van der Waals surface area contributed by atoms with Crippen molar-refractivity contribution < 1.29 is 4.79 Å². The van der Waals surface area contributed by atoms with E-state index in [1.165, 1.54) is 29.1 Å². The lowest BCUT2D eigenvalue weighted by molar-refractivity contribution is -0.118. The zero-order valence-corrected chi connectivity index (χ0v) is 16.1. The van der Waals surface area contributed by atoms with Crippen molar-refractivity contribution in [1.29, 1.82) is 0 Å². The van der Waals surface area contributed by atoms with E-state index in [0.717, 1.165) is 35.2 Å². The topological polar surface area (TPSA) is 64.0 Å². The molecule has 1 aliphatic carbocycles. The molecule has 134 valence electrons. The average Bonchev–Trinajstić information content (AvgIpc) is 3.20. The van der Waals surface area contributed by atoms with Crippen LogP contribution in [0.15, 0.2) is 40.3 Å². The van der Waals surface area contributed by atoms with Crippen molar-refractivity contribution in [2.24, 2.45) is 0 Å². The van der Waals surface area contributed by atoms with Crippen LogP contribution in [0.5, 0.6) is 0 Å². The van der Waals surface area contributed by atoms with E-state index in [2.05, 4.69) is 5.32 Å². The minimum Gasteiger partial charge on any atom is -0.356 e. The maximum absolute atomic E-state index is 13.4. The zero-order valence-electron chi connectivity index (χ0n) is 14.4. The Morgan fingerprint density at radius 1 is 1.31 bits per heavy atom. The van der Waals surface area contributed by atoms with E-state index in [4.69, 9.17) is 4.98 Å². The molecular weight excluding hydrogens is 366 g/mol. The molecule has 1 aliphatic rings. The first kappa shape index (κ1) is 17.3. The van der Waals surface area contributed by atoms with Crippen molar-refractivity contribution in [2.75, 3.05) is 12.3 Å². The maximum Gasteiger partial charge on any atom is 0.267 e. The summed E-state index contributed by atoms with van der Waals surface area (Å²) < 4.78 is 1.71. The van der Waals surface area contributed by atoms with Crippen molar-refractivity contribution in [3.63, 3.8) is 0 Å². The van der Waals surface area contributed by atoms with E-state index in [1.807, 2.05) is 30.3 Å². The number of amides is 1. The van der Waals surface area contributed by atoms with E-state index in [-0.39, 0.29) is 11.5 Å². The van der Waals surface area contributed by atoms with Gasteiger partial charge in [0.2, 0.25) is 5.91 Å². The van der Waals surface area contributed by atoms with Crippen LogP contribution in [0.3, 0.4) is 0 Å². The highest BCUT2D eigenvalue weighted by Crippen LogP contribution is 2.36. The molecule has 0 bridgehead atoms. The number of nitrogens with zero attached hydrogens (tertiary/aromatic N) is 2. The summed E-state index contributed by atoms with van der Waals surface area (Å²) in [5.74, 6) is 0.610. The predicted molar refractivity (Wildman–Crippen MR) is 107 cm³/mol. The van der Waals surface area contributed by atoms with Gasteiger partial charge in [0.05, 0.1) is 11.1 Å². The monoisotopic (exact) mass is 385 g/mol. The summed E-state index contributed by atoms with van der Waals surface area (Å²) in [6.45, 7) is 2.05. The Hall–Kier alpha value is -2.12. The third-order valence-corrected chi connectivity index (χ3v) is 6.56. The van der Waals surface area contributed by atoms with Gasteiger partial charge in [-0.2, -0.15) is 0 Å². The summed E-state index contributed by atoms with van der Waals surface area (Å²) in [4.78, 5) is 31.4. The van der Waals surface area contributed by atoms with E-state index in [1.54, 1.807) is 15.9 Å². The molecule has 5 nitrogen and oxygen atoms in total. The summed E-state index contributed by atoms with van der Waals surface area (Å²) in [6, 6.07) is 9.65. The Balaban J connectivity index is 1.81. The minimum atomic E-state index is -0.0517. The van der Waals surface area contributed by atoms with Crippen LogP contribution in [-0.2, 0) is 17.6 Å². The smallest absolute Gasteiger partial charge is 0.267 e. The Morgan fingerprint density at radius 3 is 2.88 bits per heavy atom. The predicted octanol–water partition coefficient (Wildman–Crippen LogP) is 3.16. The summed E-state index contributed by atoms with van der Waals surface area (Å²) >= 11 is 3.15. The number of nitrogens with one attached hydrogen (secondary N) is 1. The molecule has 3 aromatic rings. The lowest BCUT2D eigenvalue weighted by Gasteiger charge is -2.12. The molecule has 1 amide bonds. The number of para-hydroxylation sites is 1. The van der Waals surface area contributed by atoms with Gasteiger partial charge < -0.3 is 5.32 Å². The first-order valence-electron chi connectivity index (χ1n) is 8.65. The van der Waals surface area contributed by atoms with Crippen LogP contribution in [0.2, 0.25) is 0 Å². The second kappa shape index (κ2) is 7.25. The number of aromatic nitrogens is 2. The highest BCUT2D eigenvalue weighted by Gasteiger charge is 2.23. The maximum atomic E-state index is 13.4. The van der Waals surface area contributed by atoms with Crippen LogP contribution >= 0.6 is 23.1 Å². The third-order valence-electron chi connectivity index (χ3n) is 4.43. The number of hydrogen-bond donors (Lipinski definition) is 1. The molecule has 2 aromatic heterocycles. The van der Waals surface area contributed by atoms with Gasteiger partial charge in [-0.1, -0.05) is 30.0 Å². The Labute approximate surface area is 159 Å². The molecule has 0 spiro atoms. The molecule has 0 atom stereocenters. The number of rotatable bonds is 5. The highest BCUT2D eigenvalue weighted by molar-refractivity contribution is 7.99. The SMILES string of the molecule is CC(=O)NCCSc1nc2sc3c(c2c(=O)n1-c1ccccc1)CCC3. The van der Waals surface area contributed by atoms with Gasteiger partial charge in [0.15, 0.2) is 5.16 Å². The Bertz CT molecular complexity index is 1020. The van der Waals surface area contributed by atoms with E-state index < -0.39 is 0 Å². The van der Waals surface area contributed by atoms with Gasteiger partial charge in [-0.15, -0.1) is 11.3 Å². The molecule has 1 N–H and O–H groups in total. The van der Waals surface area contributed by atoms with Crippen molar-refractivity contribution in [1.82, 2.24) is 14.9 Å². The molecule has 0 aliphatic heterocycles. The van der Waals surface area contributed by atoms with Gasteiger partial charge in [0.1, 0.15) is 4.83 Å². The fraction of sp³-hybridized carbons (Fsp3) is 0.316. The number of aryl methyl sites for hydroxylation is 2. The van der Waals surface area contributed by atoms with Crippen molar-refractivity contribution in [3.05, 3.63) is 51.1 Å². The molecule has 4 rings (SSSR count). The molecule has 2 heterocycles. The van der Waals surface area contributed by atoms with Gasteiger partial charge in [-0.25, -0.2) is 4.98 Å². The van der Waals surface area contributed by atoms with Crippen LogP contribution in [0.1, 0.15) is 23.8 Å². The summed E-state index contributed by atoms with van der Waals surface area (Å²) in [6.07, 6.45) is 3.14. The molecule has 26 heavy (non-hydrogen) atoms. The number of hydrogen-bond acceptors (Lipinski definition) is 5. The number of thioether (sulfide) groups is 1. The molecule has 1 aromatic carbocycles. The summed E-state index contributed by atoms with van der Waals surface area (Å²) in [5.41, 5.74) is 2.04. The molecule has 0 radical (unpaired) electrons. The number of fused-ring (bicyclic) bond motifs is 3. The van der Waals surface area contributed by atoms with Crippen LogP contribution in [-0.4, -0.2) is 27.8 Å². The zero-order chi connectivity index (χ0) is 18.1. The number of carbonyl (C=O) groups is 1. The second-order valence-corrected chi connectivity index (χ2v) is 8.39. The minimum absolute atomic E-state index is 0.0163. The summed E-state index contributed by atoms with van der Waals surface area (Å²) in [5, 5.41) is 4.25. The normalized spacial score (nSPS) is 13.1. The van der Waals surface area contributed by atoms with Crippen molar-refractivity contribution >= 4 is 39.2 Å². The van der Waals surface area contributed by atoms with Gasteiger partial charge >= 0.3 is 0 Å². The third kappa shape index (κ3) is 3.17. The van der Waals surface area contributed by atoms with Crippen LogP contribution in [0.25, 0.3) is 15.9 Å². The quantitative estimate of drug-likeness (QED) is 0.416. The first-order valence-corrected chi connectivity index (χ1v) is 10.5. The van der Waals surface area contributed by atoms with Crippen molar-refractivity contribution in [2.45, 2.75) is 31.3 Å². The lowest BCUT2D eigenvalue weighted by Crippen LogP contribution is -2.24. The average molecular weight is 386 g/mol. The van der Waals surface area contributed by atoms with E-state index >= 15 is 0 Å². The fourth-order valence-electron chi connectivity index (χ4n) is 3.30. The Morgan fingerprint density at radius 2 is 2.12 bits per heavy atom. The molecule has 0 saturated heterocycles. The van der Waals surface area contributed by atoms with E-state index in [9.17, 15) is 9.59 Å². The Kier molecular flexibility index (Phi) is 4.82. The van der Waals surface area contributed by atoms with Crippen molar-refractivity contribution in [3.8, 4) is 5.69 Å². The van der Waals surface area contributed by atoms with Gasteiger partial charge in [-0.3, -0.25) is 14.2 Å². The summed E-state index contributed by atoms with van der Waals surface area (Å²) in [7, 11) is 0. The standard InChI is InChI=1S/C19H19N3O2S2/c1-12(23)20-10-11-25-19-21-17-16(14-8-5-9-15(14)26-17)18(24)22(19)13-6-3-2-4-7-13/h2-4,6-7H,5,8-11H2,1H3,(H,20,23).